The van der Waals surface area contributed by atoms with Gasteiger partial charge in [0.25, 0.3) is 0 Å². The summed E-state index contributed by atoms with van der Waals surface area (Å²) in [6.07, 6.45) is 3.68. The number of likely N-dealkylation sites (N-methyl/N-ethyl adjacent to an activating group) is 1. The van der Waals surface area contributed by atoms with E-state index in [0.29, 0.717) is 6.42 Å². The van der Waals surface area contributed by atoms with Gasteiger partial charge in [-0.15, -0.1) is 0 Å². The largest absolute Gasteiger partial charge is 0.480 e. The average molecular weight is 183 g/mol. The molecule has 0 saturated carbocycles. The Labute approximate surface area is 76.4 Å². The number of rotatable bonds is 4. The first-order valence-electron chi connectivity index (χ1n) is 3.98. The van der Waals surface area contributed by atoms with Crippen molar-refractivity contribution in [1.82, 2.24) is 14.9 Å². The van der Waals surface area contributed by atoms with Crippen LogP contribution in [-0.2, 0) is 11.2 Å². The SMILES string of the molecule is CN(C)[C@@H](Cc1c[nH]cn1)C(=O)O. The Morgan fingerprint density at radius 3 is 2.85 bits per heavy atom. The quantitative estimate of drug-likeness (QED) is 0.687. The van der Waals surface area contributed by atoms with Crippen LogP contribution in [0.3, 0.4) is 0 Å². The summed E-state index contributed by atoms with van der Waals surface area (Å²) >= 11 is 0. The molecule has 0 spiro atoms. The van der Waals surface area contributed by atoms with Crippen LogP contribution in [0.1, 0.15) is 5.69 Å². The van der Waals surface area contributed by atoms with Crippen molar-refractivity contribution in [3.8, 4) is 0 Å². The lowest BCUT2D eigenvalue weighted by molar-refractivity contribution is -0.142. The summed E-state index contributed by atoms with van der Waals surface area (Å²) in [5, 5.41) is 8.86. The molecule has 0 bridgehead atoms. The number of carbonyl (C=O) groups is 1. The van der Waals surface area contributed by atoms with E-state index in [1.165, 1.54) is 0 Å². The number of hydrogen-bond donors (Lipinski definition) is 2. The molecule has 2 N–H and O–H groups in total. The predicted octanol–water partition coefficient (Wildman–Crippen LogP) is -0.0330. The lowest BCUT2D eigenvalue weighted by Gasteiger charge is -2.18. The molecule has 1 atom stereocenters. The summed E-state index contributed by atoms with van der Waals surface area (Å²) in [5.41, 5.74) is 0.765. The minimum Gasteiger partial charge on any atom is -0.480 e. The van der Waals surface area contributed by atoms with Gasteiger partial charge in [0.05, 0.1) is 12.0 Å². The topological polar surface area (TPSA) is 69.2 Å². The number of nitrogens with one attached hydrogen (secondary N) is 1. The van der Waals surface area contributed by atoms with E-state index in [9.17, 15) is 4.79 Å². The number of imidazole rings is 1. The fourth-order valence-corrected chi connectivity index (χ4v) is 1.09. The Bertz CT molecular complexity index is 269. The molecule has 1 aromatic heterocycles. The summed E-state index contributed by atoms with van der Waals surface area (Å²) in [6, 6.07) is -0.511. The fourth-order valence-electron chi connectivity index (χ4n) is 1.09. The van der Waals surface area contributed by atoms with Gasteiger partial charge in [-0.2, -0.15) is 0 Å². The second kappa shape index (κ2) is 4.04. The number of nitrogens with zero attached hydrogens (tertiary/aromatic N) is 2. The first-order valence-corrected chi connectivity index (χ1v) is 3.98. The first-order chi connectivity index (χ1) is 6.11. The molecular weight excluding hydrogens is 170 g/mol. The third-order valence-electron chi connectivity index (χ3n) is 1.87. The highest BCUT2D eigenvalue weighted by Crippen LogP contribution is 2.03. The van der Waals surface area contributed by atoms with Gasteiger partial charge in [-0.05, 0) is 14.1 Å². The van der Waals surface area contributed by atoms with E-state index in [1.54, 1.807) is 31.5 Å². The molecule has 13 heavy (non-hydrogen) atoms. The van der Waals surface area contributed by atoms with Gasteiger partial charge in [0.15, 0.2) is 0 Å². The van der Waals surface area contributed by atoms with E-state index in [0.717, 1.165) is 5.69 Å². The van der Waals surface area contributed by atoms with Gasteiger partial charge < -0.3 is 10.1 Å². The van der Waals surface area contributed by atoms with Gasteiger partial charge in [-0.1, -0.05) is 0 Å². The summed E-state index contributed by atoms with van der Waals surface area (Å²) in [5.74, 6) is -0.826. The standard InChI is InChI=1S/C8H13N3O2/c1-11(2)7(8(12)13)3-6-4-9-5-10-6/h4-5,7H,3H2,1-2H3,(H,9,10)(H,12,13)/t7-/m0/s1. The molecule has 0 amide bonds. The summed E-state index contributed by atoms with van der Waals surface area (Å²) in [6.45, 7) is 0. The van der Waals surface area contributed by atoms with Gasteiger partial charge in [0.1, 0.15) is 6.04 Å². The number of aliphatic carboxylic acids is 1. The van der Waals surface area contributed by atoms with E-state index in [1.807, 2.05) is 0 Å². The van der Waals surface area contributed by atoms with Crippen LogP contribution in [0.5, 0.6) is 0 Å². The van der Waals surface area contributed by atoms with Crippen LogP contribution in [0.25, 0.3) is 0 Å². The van der Waals surface area contributed by atoms with Crippen molar-refractivity contribution in [1.29, 1.82) is 0 Å². The molecule has 1 heterocycles. The van der Waals surface area contributed by atoms with Gasteiger partial charge in [0.2, 0.25) is 0 Å². The molecule has 0 saturated heterocycles. The smallest absolute Gasteiger partial charge is 0.321 e. The number of carboxylic acid groups (broad SMARTS) is 1. The number of carboxylic acids is 1. The maximum absolute atomic E-state index is 10.8. The van der Waals surface area contributed by atoms with Crippen LogP contribution in [0.4, 0.5) is 0 Å². The predicted molar refractivity (Wildman–Crippen MR) is 47.4 cm³/mol. The monoisotopic (exact) mass is 183 g/mol. The summed E-state index contributed by atoms with van der Waals surface area (Å²) in [4.78, 5) is 19.2. The van der Waals surface area contributed by atoms with Crippen LogP contribution < -0.4 is 0 Å². The van der Waals surface area contributed by atoms with Crippen LogP contribution in [0.2, 0.25) is 0 Å². The Hall–Kier alpha value is -1.36. The molecule has 0 aliphatic rings. The molecule has 0 unspecified atom stereocenters. The highest BCUT2D eigenvalue weighted by Gasteiger charge is 2.20. The van der Waals surface area contributed by atoms with E-state index in [-0.39, 0.29) is 0 Å². The minimum atomic E-state index is -0.826. The van der Waals surface area contributed by atoms with Crippen molar-refractivity contribution in [3.63, 3.8) is 0 Å². The van der Waals surface area contributed by atoms with Crippen LogP contribution in [0.15, 0.2) is 12.5 Å². The minimum absolute atomic E-state index is 0.422. The molecule has 72 valence electrons. The third kappa shape index (κ3) is 2.55. The lowest BCUT2D eigenvalue weighted by atomic mass is 10.1. The normalized spacial score (nSPS) is 13.2. The van der Waals surface area contributed by atoms with Crippen molar-refractivity contribution in [2.45, 2.75) is 12.5 Å². The Morgan fingerprint density at radius 2 is 2.46 bits per heavy atom. The molecule has 0 aromatic carbocycles. The second-order valence-corrected chi connectivity index (χ2v) is 3.08. The third-order valence-corrected chi connectivity index (χ3v) is 1.87. The van der Waals surface area contributed by atoms with E-state index >= 15 is 0 Å². The summed E-state index contributed by atoms with van der Waals surface area (Å²) < 4.78 is 0. The zero-order valence-electron chi connectivity index (χ0n) is 7.69. The van der Waals surface area contributed by atoms with Crippen LogP contribution in [-0.4, -0.2) is 46.1 Å². The highest BCUT2D eigenvalue weighted by atomic mass is 16.4. The zero-order chi connectivity index (χ0) is 9.84. The molecule has 0 aliphatic heterocycles. The highest BCUT2D eigenvalue weighted by molar-refractivity contribution is 5.73. The molecule has 1 rings (SSSR count). The van der Waals surface area contributed by atoms with E-state index in [2.05, 4.69) is 9.97 Å². The Balaban J connectivity index is 2.63. The van der Waals surface area contributed by atoms with Crippen molar-refractivity contribution in [2.24, 2.45) is 0 Å². The maximum atomic E-state index is 10.8. The Morgan fingerprint density at radius 1 is 1.77 bits per heavy atom. The van der Waals surface area contributed by atoms with Gasteiger partial charge in [-0.3, -0.25) is 9.69 Å². The van der Waals surface area contributed by atoms with Crippen molar-refractivity contribution in [2.75, 3.05) is 14.1 Å². The van der Waals surface area contributed by atoms with Crippen molar-refractivity contribution in [3.05, 3.63) is 18.2 Å². The van der Waals surface area contributed by atoms with Gasteiger partial charge in [-0.25, -0.2) is 4.98 Å². The van der Waals surface area contributed by atoms with E-state index < -0.39 is 12.0 Å². The van der Waals surface area contributed by atoms with Crippen molar-refractivity contribution < 1.29 is 9.90 Å². The Kier molecular flexibility index (Phi) is 3.02. The number of aromatic amines is 1. The molecule has 0 aliphatic carbocycles. The number of aromatic nitrogens is 2. The fraction of sp³-hybridized carbons (Fsp3) is 0.500. The lowest BCUT2D eigenvalue weighted by Crippen LogP contribution is -2.37. The second-order valence-electron chi connectivity index (χ2n) is 3.08. The molecular formula is C8H13N3O2. The van der Waals surface area contributed by atoms with Crippen LogP contribution in [0, 0.1) is 0 Å². The van der Waals surface area contributed by atoms with Gasteiger partial charge in [0, 0.05) is 12.6 Å². The molecule has 5 nitrogen and oxygen atoms in total. The van der Waals surface area contributed by atoms with Crippen LogP contribution >= 0.6 is 0 Å². The number of hydrogen-bond acceptors (Lipinski definition) is 3. The molecule has 1 aromatic rings. The summed E-state index contributed by atoms with van der Waals surface area (Å²) in [7, 11) is 3.48. The van der Waals surface area contributed by atoms with E-state index in [4.69, 9.17) is 5.11 Å². The first kappa shape index (κ1) is 9.73. The zero-order valence-corrected chi connectivity index (χ0v) is 7.69. The molecule has 0 fully saturated rings. The molecule has 5 heteroatoms. The molecule has 0 radical (unpaired) electrons. The number of H-pyrrole nitrogens is 1. The maximum Gasteiger partial charge on any atom is 0.321 e. The van der Waals surface area contributed by atoms with Gasteiger partial charge >= 0.3 is 5.97 Å². The average Bonchev–Trinajstić information content (AvgIpc) is 2.50. The van der Waals surface area contributed by atoms with Crippen molar-refractivity contribution >= 4 is 5.97 Å².